The Labute approximate surface area is 148 Å². The first-order chi connectivity index (χ1) is 12.3. The van der Waals surface area contributed by atoms with Crippen molar-refractivity contribution in [2.45, 2.75) is 32.6 Å². The van der Waals surface area contributed by atoms with Crippen LogP contribution in [0.15, 0.2) is 42.5 Å². The highest BCUT2D eigenvalue weighted by Crippen LogP contribution is 2.35. The van der Waals surface area contributed by atoms with Crippen LogP contribution in [0.3, 0.4) is 0 Å². The van der Waals surface area contributed by atoms with Gasteiger partial charge in [-0.1, -0.05) is 18.2 Å². The number of hydrogen-bond donors (Lipinski definition) is 0. The van der Waals surface area contributed by atoms with Crippen LogP contribution in [0.4, 0.5) is 0 Å². The van der Waals surface area contributed by atoms with Crippen LogP contribution in [0.5, 0.6) is 5.75 Å². The van der Waals surface area contributed by atoms with E-state index in [9.17, 15) is 0 Å². The number of para-hydroxylation sites is 1. The number of aryl methyl sites for hydroxylation is 2. The molecule has 4 heteroatoms. The summed E-state index contributed by atoms with van der Waals surface area (Å²) >= 11 is 0. The SMILES string of the molecule is COc1ccccc1-c1nc(-c2cccc(C)n2)nc2c1CCCC2. The molecule has 4 rings (SSSR count). The topological polar surface area (TPSA) is 47.9 Å². The van der Waals surface area contributed by atoms with Gasteiger partial charge in [-0.05, 0) is 56.9 Å². The Bertz CT molecular complexity index is 921. The van der Waals surface area contributed by atoms with E-state index in [0.29, 0.717) is 5.82 Å². The summed E-state index contributed by atoms with van der Waals surface area (Å²) in [6, 6.07) is 14.0. The van der Waals surface area contributed by atoms with Crippen molar-refractivity contribution in [2.75, 3.05) is 7.11 Å². The van der Waals surface area contributed by atoms with Crippen molar-refractivity contribution >= 4 is 0 Å². The standard InChI is InChI=1S/C21H21N3O/c1-14-8-7-12-18(22-14)21-23-17-11-5-3-9-15(17)20(24-21)16-10-4-6-13-19(16)25-2/h4,6-8,10,12-13H,3,5,9,11H2,1-2H3. The van der Waals surface area contributed by atoms with Crippen LogP contribution in [-0.4, -0.2) is 22.1 Å². The van der Waals surface area contributed by atoms with Gasteiger partial charge in [0.05, 0.1) is 12.8 Å². The van der Waals surface area contributed by atoms with Crippen molar-refractivity contribution in [3.8, 4) is 28.5 Å². The van der Waals surface area contributed by atoms with Gasteiger partial charge in [0.25, 0.3) is 0 Å². The molecule has 126 valence electrons. The third-order valence-corrected chi connectivity index (χ3v) is 4.66. The van der Waals surface area contributed by atoms with Crippen molar-refractivity contribution in [3.63, 3.8) is 0 Å². The van der Waals surface area contributed by atoms with Gasteiger partial charge in [-0.3, -0.25) is 0 Å². The van der Waals surface area contributed by atoms with Gasteiger partial charge in [0.15, 0.2) is 5.82 Å². The van der Waals surface area contributed by atoms with Crippen LogP contribution in [-0.2, 0) is 12.8 Å². The van der Waals surface area contributed by atoms with Crippen LogP contribution in [0.25, 0.3) is 22.8 Å². The highest BCUT2D eigenvalue weighted by atomic mass is 16.5. The van der Waals surface area contributed by atoms with E-state index in [1.54, 1.807) is 7.11 Å². The molecule has 2 aromatic heterocycles. The van der Waals surface area contributed by atoms with E-state index in [1.807, 2.05) is 43.3 Å². The zero-order chi connectivity index (χ0) is 17.2. The van der Waals surface area contributed by atoms with Crippen LogP contribution in [0.1, 0.15) is 29.8 Å². The molecule has 0 atom stereocenters. The molecular weight excluding hydrogens is 310 g/mol. The second kappa shape index (κ2) is 6.63. The Hall–Kier alpha value is -2.75. The van der Waals surface area contributed by atoms with Gasteiger partial charge in [-0.15, -0.1) is 0 Å². The summed E-state index contributed by atoms with van der Waals surface area (Å²) in [5.74, 6) is 1.54. The van der Waals surface area contributed by atoms with E-state index in [-0.39, 0.29) is 0 Å². The van der Waals surface area contributed by atoms with E-state index in [0.717, 1.165) is 46.9 Å². The fourth-order valence-corrected chi connectivity index (χ4v) is 3.44. The third-order valence-electron chi connectivity index (χ3n) is 4.66. The summed E-state index contributed by atoms with van der Waals surface area (Å²) in [5, 5.41) is 0. The summed E-state index contributed by atoms with van der Waals surface area (Å²) in [5.41, 5.74) is 6.22. The molecule has 4 nitrogen and oxygen atoms in total. The lowest BCUT2D eigenvalue weighted by Gasteiger charge is -2.20. The fraction of sp³-hybridized carbons (Fsp3) is 0.286. The molecule has 0 spiro atoms. The maximum absolute atomic E-state index is 5.58. The summed E-state index contributed by atoms with van der Waals surface area (Å²) in [4.78, 5) is 14.4. The van der Waals surface area contributed by atoms with Crippen LogP contribution < -0.4 is 4.74 Å². The minimum Gasteiger partial charge on any atom is -0.496 e. The number of rotatable bonds is 3. The molecule has 0 unspecified atom stereocenters. The molecule has 0 amide bonds. The van der Waals surface area contributed by atoms with Crippen LogP contribution >= 0.6 is 0 Å². The van der Waals surface area contributed by atoms with Crippen LogP contribution in [0.2, 0.25) is 0 Å². The molecule has 3 aromatic rings. The highest BCUT2D eigenvalue weighted by molar-refractivity contribution is 5.72. The van der Waals surface area contributed by atoms with Crippen LogP contribution in [0, 0.1) is 6.92 Å². The average molecular weight is 331 g/mol. The predicted molar refractivity (Wildman–Crippen MR) is 98.6 cm³/mol. The number of ether oxygens (including phenoxy) is 1. The lowest BCUT2D eigenvalue weighted by molar-refractivity contribution is 0.416. The maximum Gasteiger partial charge on any atom is 0.178 e. The molecular formula is C21H21N3O. The molecule has 2 heterocycles. The van der Waals surface area contributed by atoms with Crippen molar-refractivity contribution in [3.05, 3.63) is 59.4 Å². The zero-order valence-corrected chi connectivity index (χ0v) is 14.6. The molecule has 0 N–H and O–H groups in total. The number of methoxy groups -OCH3 is 1. The summed E-state index contributed by atoms with van der Waals surface area (Å²) in [6.45, 7) is 1.99. The largest absolute Gasteiger partial charge is 0.496 e. The number of hydrogen-bond acceptors (Lipinski definition) is 4. The van der Waals surface area contributed by atoms with Crippen molar-refractivity contribution in [2.24, 2.45) is 0 Å². The van der Waals surface area contributed by atoms with Gasteiger partial charge in [-0.2, -0.15) is 0 Å². The first kappa shape index (κ1) is 15.8. The Morgan fingerprint density at radius 2 is 1.72 bits per heavy atom. The minimum absolute atomic E-state index is 0.699. The Morgan fingerprint density at radius 1 is 0.880 bits per heavy atom. The van der Waals surface area contributed by atoms with Gasteiger partial charge < -0.3 is 4.74 Å². The lowest BCUT2D eigenvalue weighted by atomic mass is 9.92. The monoisotopic (exact) mass is 331 g/mol. The molecule has 0 saturated heterocycles. The molecule has 0 fully saturated rings. The second-order valence-electron chi connectivity index (χ2n) is 6.39. The van der Waals surface area contributed by atoms with E-state index in [1.165, 1.54) is 18.4 Å². The van der Waals surface area contributed by atoms with Gasteiger partial charge in [0.1, 0.15) is 11.4 Å². The minimum atomic E-state index is 0.699. The van der Waals surface area contributed by atoms with E-state index >= 15 is 0 Å². The molecule has 1 aromatic carbocycles. The van der Waals surface area contributed by atoms with Gasteiger partial charge in [0, 0.05) is 22.5 Å². The Balaban J connectivity index is 1.95. The number of pyridine rings is 1. The lowest BCUT2D eigenvalue weighted by Crippen LogP contribution is -2.11. The molecule has 25 heavy (non-hydrogen) atoms. The van der Waals surface area contributed by atoms with Gasteiger partial charge >= 0.3 is 0 Å². The van der Waals surface area contributed by atoms with E-state index in [2.05, 4.69) is 11.1 Å². The number of aromatic nitrogens is 3. The first-order valence-electron chi connectivity index (χ1n) is 8.73. The quantitative estimate of drug-likeness (QED) is 0.713. The third kappa shape index (κ3) is 3.00. The second-order valence-corrected chi connectivity index (χ2v) is 6.39. The van der Waals surface area contributed by atoms with Crippen molar-refractivity contribution < 1.29 is 4.74 Å². The smallest absolute Gasteiger partial charge is 0.178 e. The number of nitrogens with zero attached hydrogens (tertiary/aromatic N) is 3. The fourth-order valence-electron chi connectivity index (χ4n) is 3.44. The van der Waals surface area contributed by atoms with Crippen molar-refractivity contribution in [1.29, 1.82) is 0 Å². The first-order valence-corrected chi connectivity index (χ1v) is 8.73. The summed E-state index contributed by atoms with van der Waals surface area (Å²) in [6.07, 6.45) is 4.37. The molecule has 0 radical (unpaired) electrons. The van der Waals surface area contributed by atoms with Gasteiger partial charge in [0.2, 0.25) is 0 Å². The molecule has 0 aliphatic heterocycles. The predicted octanol–water partition coefficient (Wildman–Crippen LogP) is 4.40. The zero-order valence-electron chi connectivity index (χ0n) is 14.6. The summed E-state index contributed by atoms with van der Waals surface area (Å²) < 4.78 is 5.58. The normalized spacial score (nSPS) is 13.4. The number of fused-ring (bicyclic) bond motifs is 1. The molecule has 0 bridgehead atoms. The maximum atomic E-state index is 5.58. The van der Waals surface area contributed by atoms with E-state index in [4.69, 9.17) is 14.7 Å². The number of benzene rings is 1. The summed E-state index contributed by atoms with van der Waals surface area (Å²) in [7, 11) is 1.70. The highest BCUT2D eigenvalue weighted by Gasteiger charge is 2.21. The Kier molecular flexibility index (Phi) is 4.18. The molecule has 0 saturated carbocycles. The molecule has 1 aliphatic rings. The average Bonchev–Trinajstić information content (AvgIpc) is 2.67. The Morgan fingerprint density at radius 3 is 2.56 bits per heavy atom. The van der Waals surface area contributed by atoms with E-state index < -0.39 is 0 Å². The molecule has 1 aliphatic carbocycles. The van der Waals surface area contributed by atoms with Crippen molar-refractivity contribution in [1.82, 2.24) is 15.0 Å². The van der Waals surface area contributed by atoms with Gasteiger partial charge in [-0.25, -0.2) is 15.0 Å².